The van der Waals surface area contributed by atoms with E-state index in [4.69, 9.17) is 4.98 Å². The zero-order valence-corrected chi connectivity index (χ0v) is 16.7. The van der Waals surface area contributed by atoms with Crippen LogP contribution in [0.5, 0.6) is 0 Å². The molecule has 2 heterocycles. The number of rotatable bonds is 4. The molecule has 4 aromatic rings. The highest BCUT2D eigenvalue weighted by Crippen LogP contribution is 2.20. The highest BCUT2D eigenvalue weighted by atomic mass is 16.1. The lowest BCUT2D eigenvalue weighted by Gasteiger charge is -2.12. The van der Waals surface area contributed by atoms with Gasteiger partial charge in [-0.2, -0.15) is 0 Å². The van der Waals surface area contributed by atoms with E-state index in [1.54, 1.807) is 16.8 Å². The largest absolute Gasteiger partial charge is 0.339 e. The van der Waals surface area contributed by atoms with E-state index in [2.05, 4.69) is 10.3 Å². The van der Waals surface area contributed by atoms with Crippen LogP contribution in [0.4, 0.5) is 17.2 Å². The third-order valence-corrected chi connectivity index (χ3v) is 4.78. The fraction of sp³-hybridized carbons (Fsp3) is 0.125. The zero-order chi connectivity index (χ0) is 20.4. The van der Waals surface area contributed by atoms with E-state index < -0.39 is 0 Å². The predicted molar refractivity (Wildman–Crippen MR) is 119 cm³/mol. The van der Waals surface area contributed by atoms with E-state index >= 15 is 0 Å². The Morgan fingerprint density at radius 1 is 0.931 bits per heavy atom. The molecule has 0 amide bonds. The van der Waals surface area contributed by atoms with Gasteiger partial charge >= 0.3 is 0 Å². The SMILES string of the molecule is Cc1ccc(N=Cc2c(Nc3ccc(C)cc3)nc3c(C)cccn3c2=O)cc1. The van der Waals surface area contributed by atoms with Gasteiger partial charge in [0, 0.05) is 18.1 Å². The molecular weight excluding hydrogens is 360 g/mol. The van der Waals surface area contributed by atoms with Crippen molar-refractivity contribution in [2.24, 2.45) is 4.99 Å². The van der Waals surface area contributed by atoms with Gasteiger partial charge in [-0.15, -0.1) is 0 Å². The average molecular weight is 382 g/mol. The highest BCUT2D eigenvalue weighted by Gasteiger charge is 2.13. The molecule has 0 aliphatic carbocycles. The second kappa shape index (κ2) is 7.72. The van der Waals surface area contributed by atoms with Crippen molar-refractivity contribution in [1.82, 2.24) is 9.38 Å². The lowest BCUT2D eigenvalue weighted by Crippen LogP contribution is -2.22. The van der Waals surface area contributed by atoms with Crippen LogP contribution in [0.25, 0.3) is 5.65 Å². The number of aliphatic imine (C=N–C) groups is 1. The number of pyridine rings is 1. The molecule has 0 fully saturated rings. The van der Waals surface area contributed by atoms with Gasteiger partial charge in [0.15, 0.2) is 0 Å². The summed E-state index contributed by atoms with van der Waals surface area (Å²) in [4.78, 5) is 22.5. The molecule has 0 radical (unpaired) electrons. The molecule has 0 saturated carbocycles. The Hall–Kier alpha value is -3.73. The average Bonchev–Trinajstić information content (AvgIpc) is 2.71. The summed E-state index contributed by atoms with van der Waals surface area (Å²) in [6.45, 7) is 6.00. The van der Waals surface area contributed by atoms with Gasteiger partial charge in [-0.25, -0.2) is 4.98 Å². The van der Waals surface area contributed by atoms with Crippen LogP contribution in [-0.4, -0.2) is 15.6 Å². The predicted octanol–water partition coefficient (Wildman–Crippen LogP) is 5.11. The normalized spacial score (nSPS) is 11.3. The van der Waals surface area contributed by atoms with Gasteiger partial charge < -0.3 is 5.32 Å². The Balaban J connectivity index is 1.85. The monoisotopic (exact) mass is 382 g/mol. The summed E-state index contributed by atoms with van der Waals surface area (Å²) in [5, 5.41) is 3.29. The smallest absolute Gasteiger partial charge is 0.268 e. The summed E-state index contributed by atoms with van der Waals surface area (Å²) in [7, 11) is 0. The molecule has 4 rings (SSSR count). The molecule has 2 aromatic carbocycles. The molecule has 29 heavy (non-hydrogen) atoms. The van der Waals surface area contributed by atoms with E-state index in [9.17, 15) is 4.79 Å². The summed E-state index contributed by atoms with van der Waals surface area (Å²) in [6.07, 6.45) is 3.32. The summed E-state index contributed by atoms with van der Waals surface area (Å²) in [6, 6.07) is 19.6. The molecule has 0 spiro atoms. The molecule has 5 heteroatoms. The van der Waals surface area contributed by atoms with Gasteiger partial charge in [0.25, 0.3) is 5.56 Å². The first-order valence-corrected chi connectivity index (χ1v) is 9.48. The van der Waals surface area contributed by atoms with Crippen molar-refractivity contribution in [1.29, 1.82) is 0 Å². The Labute approximate surface area is 169 Å². The van der Waals surface area contributed by atoms with Crippen LogP contribution in [0, 0.1) is 20.8 Å². The van der Waals surface area contributed by atoms with Gasteiger partial charge in [-0.3, -0.25) is 14.2 Å². The lowest BCUT2D eigenvalue weighted by atomic mass is 10.2. The Morgan fingerprint density at radius 3 is 2.28 bits per heavy atom. The molecular formula is C24H22N4O. The molecule has 0 atom stereocenters. The molecule has 1 N–H and O–H groups in total. The lowest BCUT2D eigenvalue weighted by molar-refractivity contribution is 1.03. The standard InChI is InChI=1S/C24H22N4O/c1-16-6-10-19(11-7-16)25-15-21-22(26-20-12-8-17(2)9-13-20)27-23-18(3)5-4-14-28(23)24(21)29/h4-15,26H,1-3H3. The number of nitrogens with zero attached hydrogens (tertiary/aromatic N) is 3. The van der Waals surface area contributed by atoms with Crippen LogP contribution < -0.4 is 10.9 Å². The third kappa shape index (κ3) is 3.94. The maximum Gasteiger partial charge on any atom is 0.268 e. The molecule has 144 valence electrons. The second-order valence-electron chi connectivity index (χ2n) is 7.15. The molecule has 0 bridgehead atoms. The first-order chi connectivity index (χ1) is 14.0. The quantitative estimate of drug-likeness (QED) is 0.499. The first kappa shape index (κ1) is 18.6. The van der Waals surface area contributed by atoms with Crippen molar-refractivity contribution in [3.63, 3.8) is 0 Å². The highest BCUT2D eigenvalue weighted by molar-refractivity contribution is 5.89. The van der Waals surface area contributed by atoms with Gasteiger partial charge in [-0.05, 0) is 56.7 Å². The Morgan fingerprint density at radius 2 is 1.59 bits per heavy atom. The molecule has 0 aliphatic rings. The van der Waals surface area contributed by atoms with Crippen molar-refractivity contribution >= 4 is 29.1 Å². The fourth-order valence-electron chi connectivity index (χ4n) is 3.07. The zero-order valence-electron chi connectivity index (χ0n) is 16.7. The van der Waals surface area contributed by atoms with Crippen LogP contribution in [0.3, 0.4) is 0 Å². The number of anilines is 2. The van der Waals surface area contributed by atoms with Crippen LogP contribution in [0.2, 0.25) is 0 Å². The topological polar surface area (TPSA) is 58.8 Å². The van der Waals surface area contributed by atoms with E-state index in [1.165, 1.54) is 5.56 Å². The van der Waals surface area contributed by atoms with Crippen LogP contribution in [0.1, 0.15) is 22.3 Å². The number of benzene rings is 2. The minimum absolute atomic E-state index is 0.163. The Bertz CT molecular complexity index is 1250. The van der Waals surface area contributed by atoms with E-state index in [-0.39, 0.29) is 5.56 Å². The van der Waals surface area contributed by atoms with E-state index in [1.807, 2.05) is 81.4 Å². The van der Waals surface area contributed by atoms with E-state index in [0.717, 1.165) is 22.5 Å². The summed E-state index contributed by atoms with van der Waals surface area (Å²) < 4.78 is 1.56. The molecule has 2 aromatic heterocycles. The molecule has 0 aliphatic heterocycles. The number of aryl methyl sites for hydroxylation is 3. The maximum absolute atomic E-state index is 13.2. The number of hydrogen-bond donors (Lipinski definition) is 1. The molecule has 5 nitrogen and oxygen atoms in total. The first-order valence-electron chi connectivity index (χ1n) is 9.48. The van der Waals surface area contributed by atoms with Crippen molar-refractivity contribution < 1.29 is 0 Å². The van der Waals surface area contributed by atoms with Crippen LogP contribution in [0.15, 0.2) is 76.6 Å². The maximum atomic E-state index is 13.2. The number of nitrogens with one attached hydrogen (secondary N) is 1. The van der Waals surface area contributed by atoms with Crippen molar-refractivity contribution in [3.05, 3.63) is 99.5 Å². The summed E-state index contributed by atoms with van der Waals surface area (Å²) in [5.41, 5.74) is 5.78. The minimum atomic E-state index is -0.163. The minimum Gasteiger partial charge on any atom is -0.339 e. The second-order valence-corrected chi connectivity index (χ2v) is 7.15. The van der Waals surface area contributed by atoms with E-state index in [0.29, 0.717) is 17.0 Å². The summed E-state index contributed by atoms with van der Waals surface area (Å²) >= 11 is 0. The Kier molecular flexibility index (Phi) is 4.96. The van der Waals surface area contributed by atoms with Gasteiger partial charge in [0.2, 0.25) is 0 Å². The third-order valence-electron chi connectivity index (χ3n) is 4.78. The van der Waals surface area contributed by atoms with Crippen molar-refractivity contribution in [2.75, 3.05) is 5.32 Å². The molecule has 0 unspecified atom stereocenters. The number of aromatic nitrogens is 2. The van der Waals surface area contributed by atoms with Gasteiger partial charge in [-0.1, -0.05) is 41.5 Å². The van der Waals surface area contributed by atoms with Crippen LogP contribution >= 0.6 is 0 Å². The number of hydrogen-bond acceptors (Lipinski definition) is 4. The molecule has 0 saturated heterocycles. The van der Waals surface area contributed by atoms with Crippen LogP contribution in [-0.2, 0) is 0 Å². The fourth-order valence-corrected chi connectivity index (χ4v) is 3.07. The van der Waals surface area contributed by atoms with Crippen molar-refractivity contribution in [2.45, 2.75) is 20.8 Å². The van der Waals surface area contributed by atoms with Crippen molar-refractivity contribution in [3.8, 4) is 0 Å². The summed E-state index contributed by atoms with van der Waals surface area (Å²) in [5.74, 6) is 0.490. The number of fused-ring (bicyclic) bond motifs is 1. The van der Waals surface area contributed by atoms with Gasteiger partial charge in [0.05, 0.1) is 5.69 Å². The van der Waals surface area contributed by atoms with Gasteiger partial charge in [0.1, 0.15) is 17.0 Å².